The van der Waals surface area contributed by atoms with Crippen molar-refractivity contribution in [2.24, 2.45) is 5.92 Å². The van der Waals surface area contributed by atoms with Gasteiger partial charge in [0.2, 0.25) is 5.91 Å². The fourth-order valence-electron chi connectivity index (χ4n) is 3.19. The van der Waals surface area contributed by atoms with Gasteiger partial charge in [-0.15, -0.1) is 12.4 Å². The Morgan fingerprint density at radius 1 is 1.24 bits per heavy atom. The molecule has 2 aliphatic rings. The van der Waals surface area contributed by atoms with Crippen LogP contribution < -0.4 is 5.32 Å². The lowest BCUT2D eigenvalue weighted by atomic mass is 10.0. The molecule has 1 unspecified atom stereocenters. The van der Waals surface area contributed by atoms with E-state index >= 15 is 0 Å². The van der Waals surface area contributed by atoms with Crippen LogP contribution in [0.25, 0.3) is 0 Å². The predicted octanol–water partition coefficient (Wildman–Crippen LogP) is 2.20. The van der Waals surface area contributed by atoms with Crippen molar-refractivity contribution in [3.05, 3.63) is 0 Å². The summed E-state index contributed by atoms with van der Waals surface area (Å²) in [5, 5.41) is 3.19. The first-order chi connectivity index (χ1) is 7.81. The molecule has 2 rings (SSSR count). The molecule has 3 nitrogen and oxygen atoms in total. The monoisotopic (exact) mass is 260 g/mol. The molecule has 1 N–H and O–H groups in total. The van der Waals surface area contributed by atoms with E-state index < -0.39 is 0 Å². The van der Waals surface area contributed by atoms with E-state index in [0.29, 0.717) is 17.9 Å². The Hall–Kier alpha value is -0.280. The van der Waals surface area contributed by atoms with Crippen LogP contribution in [-0.4, -0.2) is 37.0 Å². The molecule has 1 amide bonds. The van der Waals surface area contributed by atoms with Gasteiger partial charge < -0.3 is 10.2 Å². The third kappa shape index (κ3) is 3.85. The fourth-order valence-corrected chi connectivity index (χ4v) is 3.19. The van der Waals surface area contributed by atoms with Crippen LogP contribution in [0.15, 0.2) is 0 Å². The summed E-state index contributed by atoms with van der Waals surface area (Å²) < 4.78 is 0. The number of likely N-dealkylation sites (N-methyl/N-ethyl adjacent to an activating group) is 1. The van der Waals surface area contributed by atoms with Crippen LogP contribution in [0.1, 0.15) is 44.9 Å². The van der Waals surface area contributed by atoms with Crippen molar-refractivity contribution >= 4 is 18.3 Å². The van der Waals surface area contributed by atoms with Crippen molar-refractivity contribution in [3.63, 3.8) is 0 Å². The number of nitrogens with one attached hydrogen (secondary N) is 1. The molecule has 1 atom stereocenters. The number of nitrogens with zero attached hydrogens (tertiary/aromatic N) is 1. The first kappa shape index (κ1) is 14.8. The van der Waals surface area contributed by atoms with Crippen LogP contribution in [0.2, 0.25) is 0 Å². The van der Waals surface area contributed by atoms with E-state index in [0.717, 1.165) is 19.5 Å². The summed E-state index contributed by atoms with van der Waals surface area (Å²) in [6.45, 7) is 1.94. The minimum atomic E-state index is 0. The number of amides is 1. The number of likely N-dealkylation sites (tertiary alicyclic amines) is 1. The van der Waals surface area contributed by atoms with E-state index in [-0.39, 0.29) is 12.4 Å². The average Bonchev–Trinajstić information content (AvgIpc) is 2.89. The van der Waals surface area contributed by atoms with Gasteiger partial charge in [0, 0.05) is 25.6 Å². The Bertz CT molecular complexity index is 242. The van der Waals surface area contributed by atoms with E-state index in [1.54, 1.807) is 0 Å². The molecule has 0 aromatic rings. The first-order valence-electron chi connectivity index (χ1n) is 6.75. The first-order valence-corrected chi connectivity index (χ1v) is 6.75. The van der Waals surface area contributed by atoms with Gasteiger partial charge in [-0.3, -0.25) is 4.79 Å². The van der Waals surface area contributed by atoms with Crippen molar-refractivity contribution in [1.82, 2.24) is 10.2 Å². The lowest BCUT2D eigenvalue weighted by Gasteiger charge is -2.25. The quantitative estimate of drug-likeness (QED) is 0.841. The molecule has 0 aromatic carbocycles. The molecule has 1 saturated carbocycles. The fraction of sp³-hybridized carbons (Fsp3) is 0.923. The summed E-state index contributed by atoms with van der Waals surface area (Å²) in [6.07, 6.45) is 8.38. The Kier molecular flexibility index (Phi) is 6.28. The highest BCUT2D eigenvalue weighted by Crippen LogP contribution is 2.29. The SMILES string of the molecule is CNCC1CCCN1C(=O)CC1CCCC1.Cl. The summed E-state index contributed by atoms with van der Waals surface area (Å²) in [5.41, 5.74) is 0. The molecule has 1 aliphatic carbocycles. The molecule has 1 saturated heterocycles. The molecule has 0 aromatic heterocycles. The number of carbonyl (C=O) groups excluding carboxylic acids is 1. The number of hydrogen-bond donors (Lipinski definition) is 1. The summed E-state index contributed by atoms with van der Waals surface area (Å²) in [5.74, 6) is 1.09. The van der Waals surface area contributed by atoms with E-state index in [1.165, 1.54) is 38.5 Å². The molecular formula is C13H25ClN2O. The van der Waals surface area contributed by atoms with Crippen LogP contribution in [0.3, 0.4) is 0 Å². The maximum Gasteiger partial charge on any atom is 0.223 e. The van der Waals surface area contributed by atoms with Crippen LogP contribution in [-0.2, 0) is 4.79 Å². The Labute approximate surface area is 111 Å². The standard InChI is InChI=1S/C13H24N2O.ClH/c1-14-10-12-7-4-8-15(12)13(16)9-11-5-2-3-6-11;/h11-12,14H,2-10H2,1H3;1H. The molecule has 100 valence electrons. The minimum absolute atomic E-state index is 0. The molecular weight excluding hydrogens is 236 g/mol. The molecule has 0 bridgehead atoms. The third-order valence-corrected chi connectivity index (χ3v) is 4.08. The van der Waals surface area contributed by atoms with E-state index in [2.05, 4.69) is 10.2 Å². The second-order valence-corrected chi connectivity index (χ2v) is 5.30. The van der Waals surface area contributed by atoms with Crippen molar-refractivity contribution in [2.45, 2.75) is 51.0 Å². The Morgan fingerprint density at radius 3 is 2.59 bits per heavy atom. The van der Waals surface area contributed by atoms with E-state index in [1.807, 2.05) is 7.05 Å². The van der Waals surface area contributed by atoms with E-state index in [9.17, 15) is 4.79 Å². The Morgan fingerprint density at radius 2 is 1.94 bits per heavy atom. The molecule has 17 heavy (non-hydrogen) atoms. The number of carbonyl (C=O) groups is 1. The highest BCUT2D eigenvalue weighted by atomic mass is 35.5. The summed E-state index contributed by atoms with van der Waals surface area (Å²) in [4.78, 5) is 14.3. The van der Waals surface area contributed by atoms with Gasteiger partial charge in [-0.05, 0) is 38.6 Å². The molecule has 1 heterocycles. The molecule has 4 heteroatoms. The second kappa shape index (κ2) is 7.22. The lowest BCUT2D eigenvalue weighted by Crippen LogP contribution is -2.41. The molecule has 2 fully saturated rings. The number of halogens is 1. The van der Waals surface area contributed by atoms with Crippen LogP contribution in [0.4, 0.5) is 0 Å². The minimum Gasteiger partial charge on any atom is -0.338 e. The van der Waals surface area contributed by atoms with Crippen LogP contribution >= 0.6 is 12.4 Å². The van der Waals surface area contributed by atoms with Crippen molar-refractivity contribution in [3.8, 4) is 0 Å². The van der Waals surface area contributed by atoms with Crippen molar-refractivity contribution in [2.75, 3.05) is 20.1 Å². The predicted molar refractivity (Wildman–Crippen MR) is 72.5 cm³/mol. The van der Waals surface area contributed by atoms with Gasteiger partial charge >= 0.3 is 0 Å². The highest BCUT2D eigenvalue weighted by Gasteiger charge is 2.29. The summed E-state index contributed by atoms with van der Waals surface area (Å²) in [6, 6.07) is 0.457. The molecule has 0 spiro atoms. The van der Waals surface area contributed by atoms with Crippen LogP contribution in [0, 0.1) is 5.92 Å². The zero-order chi connectivity index (χ0) is 11.4. The molecule has 1 aliphatic heterocycles. The smallest absolute Gasteiger partial charge is 0.223 e. The summed E-state index contributed by atoms with van der Waals surface area (Å²) >= 11 is 0. The van der Waals surface area contributed by atoms with E-state index in [4.69, 9.17) is 0 Å². The normalized spacial score (nSPS) is 25.0. The van der Waals surface area contributed by atoms with Gasteiger partial charge in [0.25, 0.3) is 0 Å². The maximum atomic E-state index is 12.2. The van der Waals surface area contributed by atoms with Gasteiger partial charge in [-0.1, -0.05) is 12.8 Å². The Balaban J connectivity index is 0.00000144. The maximum absolute atomic E-state index is 12.2. The van der Waals surface area contributed by atoms with Crippen molar-refractivity contribution < 1.29 is 4.79 Å². The lowest BCUT2D eigenvalue weighted by molar-refractivity contribution is -0.132. The zero-order valence-corrected chi connectivity index (χ0v) is 11.6. The average molecular weight is 261 g/mol. The summed E-state index contributed by atoms with van der Waals surface area (Å²) in [7, 11) is 1.97. The van der Waals surface area contributed by atoms with Gasteiger partial charge in [0.1, 0.15) is 0 Å². The topological polar surface area (TPSA) is 32.3 Å². The number of hydrogen-bond acceptors (Lipinski definition) is 2. The highest BCUT2D eigenvalue weighted by molar-refractivity contribution is 5.85. The van der Waals surface area contributed by atoms with Gasteiger partial charge in [-0.2, -0.15) is 0 Å². The van der Waals surface area contributed by atoms with Crippen LogP contribution in [0.5, 0.6) is 0 Å². The largest absolute Gasteiger partial charge is 0.338 e. The van der Waals surface area contributed by atoms with Crippen molar-refractivity contribution in [1.29, 1.82) is 0 Å². The molecule has 0 radical (unpaired) electrons. The zero-order valence-electron chi connectivity index (χ0n) is 10.8. The second-order valence-electron chi connectivity index (χ2n) is 5.30. The van der Waals surface area contributed by atoms with Gasteiger partial charge in [0.05, 0.1) is 0 Å². The van der Waals surface area contributed by atoms with Gasteiger partial charge in [0.15, 0.2) is 0 Å². The third-order valence-electron chi connectivity index (χ3n) is 4.08. The number of rotatable bonds is 4. The van der Waals surface area contributed by atoms with Gasteiger partial charge in [-0.25, -0.2) is 0 Å².